The Kier molecular flexibility index (Phi) is 37.6. The van der Waals surface area contributed by atoms with Gasteiger partial charge >= 0.3 is 0 Å². The smallest absolute Gasteiger partial charge is 0.248 e. The van der Waals surface area contributed by atoms with Gasteiger partial charge in [-0.1, -0.05) is 114 Å². The summed E-state index contributed by atoms with van der Waals surface area (Å²) < 4.78 is 5.99. The molecule has 4 rings (SSSR count). The second kappa shape index (κ2) is 43.4. The highest BCUT2D eigenvalue weighted by molar-refractivity contribution is 6.20. The number of aliphatic hydroxyl groups is 2. The van der Waals surface area contributed by atoms with Crippen LogP contribution in [0.3, 0.4) is 0 Å². The number of halogens is 1. The van der Waals surface area contributed by atoms with Gasteiger partial charge in [0.05, 0.1) is 38.3 Å². The van der Waals surface area contributed by atoms with Crippen LogP contribution in [-0.2, 0) is 62.3 Å². The number of likely N-dealkylation sites (tertiary alicyclic amines) is 1. The van der Waals surface area contributed by atoms with Crippen LogP contribution in [-0.4, -0.2) is 280 Å². The molecule has 4 aliphatic rings. The number of nitrogens with one attached hydrogen (secondary N) is 4. The highest BCUT2D eigenvalue weighted by Gasteiger charge is 2.44. The fraction of sp³-hybridized carbons (Fsp3) is 0.840. The van der Waals surface area contributed by atoms with E-state index >= 15 is 38.4 Å². The minimum absolute atomic E-state index is 0.000271. The van der Waals surface area contributed by atoms with Crippen LogP contribution in [0.25, 0.3) is 0 Å². The number of unbranched alkanes of at least 4 members (excludes halogenated alkanes) is 1. The first kappa shape index (κ1) is 89.2. The Balaban J connectivity index is 1.98. The standard InChI is InChI=1S/C75H131ClN12O15/c1-18-19-32-88-44-64(93)83(14)61(41-53-29-26-30-54(76)39-53)73(100)85(16)58(37-47(4)5)68(95)78-56(45-103-35-31-50(10)89)71(98)84(15)57(36-46(2)3)67(94)77-55(72(99)87-33-24-21-25-34-87)42-62(91)81(12)43-63(92)82(13)60(40-52-27-22-20-23-28-52)70(97)79-65(49(8)9)74(101)86(17)59(38-48(6)7)69(96)80-66(51(11)90)75(88)102/h46-61,65-66,89-90H,18-45H2,1-17H3,(H,77,94)(H,78,95)(H,79,97)(H,80,96)/t50-,51+,53?,54?,55-,56-,57-,58-,59-,60-,61-,65-,66-/m0/s1. The molecule has 2 saturated carbocycles. The van der Waals surface area contributed by atoms with Crippen LogP contribution < -0.4 is 21.3 Å². The molecule has 0 bridgehead atoms. The first-order valence-electron chi connectivity index (χ1n) is 38.3. The van der Waals surface area contributed by atoms with Crippen molar-refractivity contribution in [3.05, 3.63) is 0 Å². The molecule has 27 nitrogen and oxygen atoms in total. The highest BCUT2D eigenvalue weighted by Crippen LogP contribution is 2.34. The van der Waals surface area contributed by atoms with Crippen LogP contribution in [0.2, 0.25) is 0 Å². The van der Waals surface area contributed by atoms with Crippen molar-refractivity contribution in [1.82, 2.24) is 60.5 Å². The highest BCUT2D eigenvalue weighted by atomic mass is 35.5. The second-order valence-electron chi connectivity index (χ2n) is 31.7. The molecule has 2 heterocycles. The van der Waals surface area contributed by atoms with Gasteiger partial charge in [0.2, 0.25) is 70.9 Å². The maximum atomic E-state index is 15.6. The van der Waals surface area contributed by atoms with Crippen molar-refractivity contribution in [2.75, 3.05) is 88.2 Å². The van der Waals surface area contributed by atoms with Gasteiger partial charge in [0, 0.05) is 73.9 Å². The summed E-state index contributed by atoms with van der Waals surface area (Å²) in [5.74, 6) is -9.79. The van der Waals surface area contributed by atoms with E-state index < -0.39 is 170 Å². The van der Waals surface area contributed by atoms with E-state index in [2.05, 4.69) is 21.3 Å². The number of aliphatic hydroxyl groups excluding tert-OH is 2. The van der Waals surface area contributed by atoms with Gasteiger partial charge in [-0.15, -0.1) is 11.6 Å². The van der Waals surface area contributed by atoms with Crippen LogP contribution in [0, 0.1) is 35.5 Å². The number of hydrogen-bond acceptors (Lipinski definition) is 15. The van der Waals surface area contributed by atoms with Gasteiger partial charge in [-0.2, -0.15) is 0 Å². The maximum absolute atomic E-state index is 15.6. The van der Waals surface area contributed by atoms with Crippen molar-refractivity contribution < 1.29 is 72.5 Å². The monoisotopic (exact) mass is 1470 g/mol. The van der Waals surface area contributed by atoms with E-state index in [0.717, 1.165) is 56.3 Å². The second-order valence-corrected chi connectivity index (χ2v) is 32.3. The molecule has 2 aliphatic carbocycles. The van der Waals surface area contributed by atoms with Crippen molar-refractivity contribution in [2.24, 2.45) is 35.5 Å². The molecule has 588 valence electrons. The van der Waals surface area contributed by atoms with Gasteiger partial charge in [-0.05, 0) is 126 Å². The first-order valence-corrected chi connectivity index (χ1v) is 38.8. The zero-order valence-corrected chi connectivity index (χ0v) is 66.1. The Morgan fingerprint density at radius 2 is 1.01 bits per heavy atom. The lowest BCUT2D eigenvalue weighted by Gasteiger charge is -2.39. The molecule has 12 amide bonds. The van der Waals surface area contributed by atoms with Gasteiger partial charge in [-0.25, -0.2) is 0 Å². The molecule has 4 fully saturated rings. The first-order chi connectivity index (χ1) is 48.4. The van der Waals surface area contributed by atoms with Crippen molar-refractivity contribution in [3.8, 4) is 0 Å². The summed E-state index contributed by atoms with van der Waals surface area (Å²) in [4.78, 5) is 191. The molecule has 0 spiro atoms. The Labute approximate surface area is 619 Å². The number of alkyl halides is 1. The van der Waals surface area contributed by atoms with E-state index in [1.807, 2.05) is 48.5 Å². The van der Waals surface area contributed by atoms with Crippen molar-refractivity contribution in [1.29, 1.82) is 0 Å². The molecule has 0 radical (unpaired) electrons. The minimum Gasteiger partial charge on any atom is -0.393 e. The summed E-state index contributed by atoms with van der Waals surface area (Å²) in [5, 5.41) is 32.9. The Morgan fingerprint density at radius 3 is 1.54 bits per heavy atom. The number of rotatable bonds is 21. The van der Waals surface area contributed by atoms with Gasteiger partial charge < -0.3 is 75.4 Å². The zero-order chi connectivity index (χ0) is 77.3. The molecule has 0 aromatic carbocycles. The van der Waals surface area contributed by atoms with Crippen LogP contribution in [0.5, 0.6) is 0 Å². The Morgan fingerprint density at radius 1 is 0.524 bits per heavy atom. The summed E-state index contributed by atoms with van der Waals surface area (Å²) in [6, 6.07) is -12.1. The van der Waals surface area contributed by atoms with E-state index in [1.165, 1.54) is 78.6 Å². The van der Waals surface area contributed by atoms with E-state index in [1.54, 1.807) is 25.7 Å². The maximum Gasteiger partial charge on any atom is 0.248 e. The number of piperidine rings is 1. The Bertz CT molecular complexity index is 2800. The average molecular weight is 1480 g/mol. The van der Waals surface area contributed by atoms with Crippen LogP contribution in [0.15, 0.2) is 0 Å². The molecule has 2 saturated heterocycles. The molecular formula is C75H131ClN12O15. The third kappa shape index (κ3) is 27.6. The van der Waals surface area contributed by atoms with E-state index in [4.69, 9.17) is 16.3 Å². The third-order valence-electron chi connectivity index (χ3n) is 21.0. The average Bonchev–Trinajstić information content (AvgIpc) is 0.823. The quantitative estimate of drug-likeness (QED) is 0.0671. The summed E-state index contributed by atoms with van der Waals surface area (Å²) in [6.07, 6.45) is 8.09. The number of amides is 12. The van der Waals surface area contributed by atoms with Crippen molar-refractivity contribution in [3.63, 3.8) is 0 Å². The predicted octanol–water partition coefficient (Wildman–Crippen LogP) is 4.68. The number of carbonyl (C=O) groups is 12. The molecule has 13 atom stereocenters. The van der Waals surface area contributed by atoms with E-state index in [9.17, 15) is 29.4 Å². The molecule has 2 unspecified atom stereocenters. The predicted molar refractivity (Wildman–Crippen MR) is 394 cm³/mol. The largest absolute Gasteiger partial charge is 0.393 e. The Hall–Kier alpha value is -6.19. The lowest BCUT2D eigenvalue weighted by Crippen LogP contribution is -2.62. The summed E-state index contributed by atoms with van der Waals surface area (Å²) in [6.45, 7) is 18.4. The van der Waals surface area contributed by atoms with Crippen LogP contribution in [0.1, 0.15) is 211 Å². The topological polar surface area (TPSA) is 329 Å². The number of likely N-dealkylation sites (N-methyl/N-ethyl adjacent to an activating group) is 6. The molecule has 2 aliphatic heterocycles. The van der Waals surface area contributed by atoms with Gasteiger partial charge in [0.25, 0.3) is 0 Å². The van der Waals surface area contributed by atoms with Gasteiger partial charge in [-0.3, -0.25) is 57.5 Å². The number of hydrogen-bond donors (Lipinski definition) is 6. The number of carbonyl (C=O) groups excluding carboxylic acids is 12. The van der Waals surface area contributed by atoms with E-state index in [-0.39, 0.29) is 86.6 Å². The molecule has 103 heavy (non-hydrogen) atoms. The molecule has 0 aromatic rings. The zero-order valence-electron chi connectivity index (χ0n) is 65.3. The third-order valence-corrected chi connectivity index (χ3v) is 21.4. The lowest BCUT2D eigenvalue weighted by atomic mass is 9.83. The summed E-state index contributed by atoms with van der Waals surface area (Å²) in [7, 11) is 8.56. The van der Waals surface area contributed by atoms with Gasteiger partial charge in [0.15, 0.2) is 0 Å². The fourth-order valence-corrected chi connectivity index (χ4v) is 14.9. The molecule has 28 heteroatoms. The number of nitrogens with zero attached hydrogens (tertiary/aromatic N) is 8. The summed E-state index contributed by atoms with van der Waals surface area (Å²) in [5.41, 5.74) is 0. The molecule has 6 N–H and O–H groups in total. The normalized spacial score (nSPS) is 27.8. The molecular weight excluding hydrogens is 1340 g/mol. The molecule has 0 aromatic heterocycles. The van der Waals surface area contributed by atoms with E-state index in [0.29, 0.717) is 51.6 Å². The minimum atomic E-state index is -1.64. The number of ether oxygens (including phenoxy) is 1. The van der Waals surface area contributed by atoms with Crippen molar-refractivity contribution in [2.45, 2.75) is 283 Å². The SMILES string of the molecule is CCCCN1CC(=O)N(C)[C@@H](CC2CCCC(Cl)C2)C(=O)N(C)[C@@H](CC(C)C)C(=O)N[C@@H](COCC[C@H](C)O)C(=O)N(C)[C@@H](CC(C)C)C(=O)N[C@H](C(=O)N2CCCCC2)CC(=O)N(C)CC(=O)N(C)[C@@H](CC2CCCCC2)C(=O)N[C@@H](C(C)C)C(=O)N(C)[C@@H](CC(C)C)C(=O)N[C@@H]([C@@H](C)O)C1=O. The fourth-order valence-electron chi connectivity index (χ4n) is 14.5. The lowest BCUT2D eigenvalue weighted by molar-refractivity contribution is -0.152. The van der Waals surface area contributed by atoms with Crippen molar-refractivity contribution >= 4 is 82.5 Å². The van der Waals surface area contributed by atoms with Crippen LogP contribution in [0.4, 0.5) is 0 Å². The van der Waals surface area contributed by atoms with Gasteiger partial charge in [0.1, 0.15) is 54.4 Å². The van der Waals surface area contributed by atoms with Crippen LogP contribution >= 0.6 is 11.6 Å². The summed E-state index contributed by atoms with van der Waals surface area (Å²) >= 11 is 6.78.